The van der Waals surface area contributed by atoms with Crippen LogP contribution in [0.15, 0.2) is 48.5 Å². The number of nitrogens with one attached hydrogen (secondary N) is 3. The third-order valence-electron chi connectivity index (χ3n) is 3.13. The van der Waals surface area contributed by atoms with E-state index in [1.165, 1.54) is 24.3 Å². The SMILES string of the molecule is CC(NC(=O)Nc1ccc(F)cc1)c1ccc(NC(N)=O)cc1. The minimum Gasteiger partial charge on any atom is -0.351 e. The quantitative estimate of drug-likeness (QED) is 0.697. The Balaban J connectivity index is 1.92. The van der Waals surface area contributed by atoms with Crippen LogP contribution in [0.3, 0.4) is 0 Å². The zero-order valence-corrected chi connectivity index (χ0v) is 12.5. The molecule has 7 heteroatoms. The number of rotatable bonds is 4. The summed E-state index contributed by atoms with van der Waals surface area (Å²) in [4.78, 5) is 22.7. The van der Waals surface area contributed by atoms with Gasteiger partial charge in [0, 0.05) is 11.4 Å². The molecule has 6 nitrogen and oxygen atoms in total. The highest BCUT2D eigenvalue weighted by atomic mass is 19.1. The van der Waals surface area contributed by atoms with Crippen molar-refractivity contribution in [2.24, 2.45) is 5.73 Å². The Morgan fingerprint density at radius 2 is 1.48 bits per heavy atom. The van der Waals surface area contributed by atoms with E-state index in [1.807, 2.05) is 6.92 Å². The van der Waals surface area contributed by atoms with E-state index in [9.17, 15) is 14.0 Å². The number of hydrogen-bond donors (Lipinski definition) is 4. The average molecular weight is 316 g/mol. The molecule has 0 aliphatic heterocycles. The van der Waals surface area contributed by atoms with Crippen molar-refractivity contribution in [1.29, 1.82) is 0 Å². The predicted molar refractivity (Wildman–Crippen MR) is 86.6 cm³/mol. The van der Waals surface area contributed by atoms with E-state index < -0.39 is 12.1 Å². The first-order chi connectivity index (χ1) is 10.9. The molecule has 0 spiro atoms. The zero-order chi connectivity index (χ0) is 16.8. The Morgan fingerprint density at radius 1 is 0.957 bits per heavy atom. The fourth-order valence-electron chi connectivity index (χ4n) is 1.98. The smallest absolute Gasteiger partial charge is 0.319 e. The number of amides is 4. The number of benzene rings is 2. The highest BCUT2D eigenvalue weighted by Gasteiger charge is 2.10. The summed E-state index contributed by atoms with van der Waals surface area (Å²) >= 11 is 0. The second-order valence-corrected chi connectivity index (χ2v) is 4.94. The Labute approximate surface area is 132 Å². The van der Waals surface area contributed by atoms with E-state index in [4.69, 9.17) is 5.73 Å². The summed E-state index contributed by atoms with van der Waals surface area (Å²) in [7, 11) is 0. The van der Waals surface area contributed by atoms with Crippen LogP contribution in [0.25, 0.3) is 0 Å². The van der Waals surface area contributed by atoms with Gasteiger partial charge in [-0.25, -0.2) is 14.0 Å². The van der Waals surface area contributed by atoms with Gasteiger partial charge in [-0.1, -0.05) is 12.1 Å². The van der Waals surface area contributed by atoms with E-state index in [0.29, 0.717) is 11.4 Å². The van der Waals surface area contributed by atoms with Gasteiger partial charge in [-0.3, -0.25) is 0 Å². The van der Waals surface area contributed by atoms with Crippen molar-refractivity contribution in [1.82, 2.24) is 5.32 Å². The van der Waals surface area contributed by atoms with Crippen molar-refractivity contribution in [3.8, 4) is 0 Å². The van der Waals surface area contributed by atoms with Crippen LogP contribution in [-0.4, -0.2) is 12.1 Å². The molecule has 4 amide bonds. The molecule has 1 atom stereocenters. The Bertz CT molecular complexity index is 686. The van der Waals surface area contributed by atoms with E-state index in [0.717, 1.165) is 5.56 Å². The Morgan fingerprint density at radius 3 is 2.04 bits per heavy atom. The summed E-state index contributed by atoms with van der Waals surface area (Å²) in [5.41, 5.74) is 6.96. The fraction of sp³-hybridized carbons (Fsp3) is 0.125. The van der Waals surface area contributed by atoms with Crippen LogP contribution in [0, 0.1) is 5.82 Å². The molecule has 5 N–H and O–H groups in total. The average Bonchev–Trinajstić information content (AvgIpc) is 2.49. The van der Waals surface area contributed by atoms with Gasteiger partial charge in [0.25, 0.3) is 0 Å². The minimum absolute atomic E-state index is 0.252. The van der Waals surface area contributed by atoms with Gasteiger partial charge in [-0.05, 0) is 48.9 Å². The molecule has 2 aromatic rings. The summed E-state index contributed by atoms with van der Waals surface area (Å²) < 4.78 is 12.8. The minimum atomic E-state index is -0.636. The van der Waals surface area contributed by atoms with E-state index in [2.05, 4.69) is 16.0 Å². The highest BCUT2D eigenvalue weighted by molar-refractivity contribution is 5.89. The predicted octanol–water partition coefficient (Wildman–Crippen LogP) is 3.20. The second-order valence-electron chi connectivity index (χ2n) is 4.94. The van der Waals surface area contributed by atoms with Crippen molar-refractivity contribution in [2.75, 3.05) is 10.6 Å². The number of anilines is 2. The fourth-order valence-corrected chi connectivity index (χ4v) is 1.98. The number of carbonyl (C=O) groups is 2. The topological polar surface area (TPSA) is 96.2 Å². The lowest BCUT2D eigenvalue weighted by atomic mass is 10.1. The number of primary amides is 1. The Hall–Kier alpha value is -3.09. The molecule has 0 radical (unpaired) electrons. The van der Waals surface area contributed by atoms with E-state index >= 15 is 0 Å². The number of halogens is 1. The van der Waals surface area contributed by atoms with Gasteiger partial charge in [-0.15, -0.1) is 0 Å². The van der Waals surface area contributed by atoms with Gasteiger partial charge < -0.3 is 21.7 Å². The van der Waals surface area contributed by atoms with Crippen molar-refractivity contribution in [2.45, 2.75) is 13.0 Å². The Kier molecular flexibility index (Phi) is 5.14. The zero-order valence-electron chi connectivity index (χ0n) is 12.5. The molecule has 2 rings (SSSR count). The first kappa shape index (κ1) is 16.3. The molecule has 23 heavy (non-hydrogen) atoms. The van der Waals surface area contributed by atoms with Crippen LogP contribution in [0.2, 0.25) is 0 Å². The molecule has 0 aromatic heterocycles. The number of nitrogens with two attached hydrogens (primary N) is 1. The normalized spacial score (nSPS) is 11.4. The van der Waals surface area contributed by atoms with Gasteiger partial charge in [0.15, 0.2) is 0 Å². The molecule has 0 bridgehead atoms. The maximum Gasteiger partial charge on any atom is 0.319 e. The number of hydrogen-bond acceptors (Lipinski definition) is 2. The molecule has 2 aromatic carbocycles. The molecule has 0 heterocycles. The van der Waals surface area contributed by atoms with Gasteiger partial charge in [0.05, 0.1) is 6.04 Å². The summed E-state index contributed by atoms with van der Waals surface area (Å²) in [6, 6.07) is 11.1. The summed E-state index contributed by atoms with van der Waals surface area (Å²) in [6.07, 6.45) is 0. The molecule has 0 saturated carbocycles. The molecule has 0 aliphatic carbocycles. The van der Waals surface area contributed by atoms with Crippen LogP contribution in [0.1, 0.15) is 18.5 Å². The standard InChI is InChI=1S/C16H17FN4O2/c1-10(11-2-6-13(7-3-11)20-15(18)22)19-16(23)21-14-8-4-12(17)5-9-14/h2-10H,1H3,(H3,18,20,22)(H2,19,21,23). The number of carbonyl (C=O) groups excluding carboxylic acids is 2. The molecule has 0 saturated heterocycles. The van der Waals surface area contributed by atoms with Crippen LogP contribution in [0.4, 0.5) is 25.4 Å². The first-order valence-electron chi connectivity index (χ1n) is 6.93. The van der Waals surface area contributed by atoms with Crippen LogP contribution < -0.4 is 21.7 Å². The number of urea groups is 2. The van der Waals surface area contributed by atoms with Gasteiger partial charge in [0.1, 0.15) is 5.82 Å². The summed E-state index contributed by atoms with van der Waals surface area (Å²) in [6.45, 7) is 1.82. The van der Waals surface area contributed by atoms with E-state index in [1.54, 1.807) is 24.3 Å². The third kappa shape index (κ3) is 4.99. The third-order valence-corrected chi connectivity index (χ3v) is 3.13. The van der Waals surface area contributed by atoms with Crippen molar-refractivity contribution >= 4 is 23.4 Å². The molecule has 1 unspecified atom stereocenters. The molecular weight excluding hydrogens is 299 g/mol. The summed E-state index contributed by atoms with van der Waals surface area (Å²) in [5.74, 6) is -0.367. The summed E-state index contributed by atoms with van der Waals surface area (Å²) in [5, 5.41) is 7.84. The second kappa shape index (κ2) is 7.26. The first-order valence-corrected chi connectivity index (χ1v) is 6.93. The molecular formula is C16H17FN4O2. The van der Waals surface area contributed by atoms with Gasteiger partial charge >= 0.3 is 12.1 Å². The van der Waals surface area contributed by atoms with Gasteiger partial charge in [0.2, 0.25) is 0 Å². The van der Waals surface area contributed by atoms with E-state index in [-0.39, 0.29) is 11.9 Å². The lowest BCUT2D eigenvalue weighted by Crippen LogP contribution is -2.31. The van der Waals surface area contributed by atoms with Crippen molar-refractivity contribution in [3.63, 3.8) is 0 Å². The van der Waals surface area contributed by atoms with Crippen LogP contribution in [0.5, 0.6) is 0 Å². The highest BCUT2D eigenvalue weighted by Crippen LogP contribution is 2.16. The molecule has 0 fully saturated rings. The molecule has 0 aliphatic rings. The molecule has 120 valence electrons. The maximum atomic E-state index is 12.8. The lowest BCUT2D eigenvalue weighted by Gasteiger charge is -2.15. The van der Waals surface area contributed by atoms with Gasteiger partial charge in [-0.2, -0.15) is 0 Å². The monoisotopic (exact) mass is 316 g/mol. The van der Waals surface area contributed by atoms with Crippen LogP contribution >= 0.6 is 0 Å². The largest absolute Gasteiger partial charge is 0.351 e. The van der Waals surface area contributed by atoms with Crippen molar-refractivity contribution in [3.05, 3.63) is 59.9 Å². The van der Waals surface area contributed by atoms with Crippen LogP contribution in [-0.2, 0) is 0 Å². The lowest BCUT2D eigenvalue weighted by molar-refractivity contribution is 0.249. The van der Waals surface area contributed by atoms with Crippen molar-refractivity contribution < 1.29 is 14.0 Å². The maximum absolute atomic E-state index is 12.8.